The van der Waals surface area contributed by atoms with Crippen LogP contribution in [0.4, 0.5) is 0 Å². The highest BCUT2D eigenvalue weighted by molar-refractivity contribution is 5.75. The minimum Gasteiger partial charge on any atom is -0.460 e. The molecule has 3 rings (SSSR count). The van der Waals surface area contributed by atoms with E-state index in [0.717, 1.165) is 31.5 Å². The van der Waals surface area contributed by atoms with Crippen molar-refractivity contribution < 1.29 is 14.4 Å². The van der Waals surface area contributed by atoms with E-state index in [0.29, 0.717) is 6.61 Å². The number of carbonyl (C=O) groups is 1. The van der Waals surface area contributed by atoms with Crippen LogP contribution in [0.1, 0.15) is 79.3 Å². The molecule has 0 aromatic heterocycles. The molecule has 1 aromatic carbocycles. The van der Waals surface area contributed by atoms with E-state index >= 15 is 0 Å². The van der Waals surface area contributed by atoms with Gasteiger partial charge in [0.2, 0.25) is 0 Å². The van der Waals surface area contributed by atoms with E-state index in [9.17, 15) is 4.79 Å². The molecule has 3 atom stereocenters. The van der Waals surface area contributed by atoms with Crippen LogP contribution in [-0.2, 0) is 14.4 Å². The highest BCUT2D eigenvalue weighted by Crippen LogP contribution is 2.44. The molecular weight excluding hydrogens is 412 g/mol. The van der Waals surface area contributed by atoms with Crippen LogP contribution >= 0.6 is 0 Å². The van der Waals surface area contributed by atoms with Crippen LogP contribution in [0.15, 0.2) is 43.0 Å². The first-order chi connectivity index (χ1) is 15.4. The molecule has 1 aromatic rings. The lowest BCUT2D eigenvalue weighted by Crippen LogP contribution is -2.58. The maximum absolute atomic E-state index is 13.6. The summed E-state index contributed by atoms with van der Waals surface area (Å²) in [7, 11) is 0. The Morgan fingerprint density at radius 1 is 1.12 bits per heavy atom. The number of piperidine rings is 1. The molecule has 184 valence electrons. The number of rotatable bonds is 7. The Bertz CT molecular complexity index is 796. The van der Waals surface area contributed by atoms with Gasteiger partial charge in [-0.3, -0.25) is 14.5 Å². The van der Waals surface area contributed by atoms with Gasteiger partial charge in [-0.2, -0.15) is 5.06 Å². The van der Waals surface area contributed by atoms with Crippen LogP contribution in [0.5, 0.6) is 0 Å². The molecule has 0 N–H and O–H groups in total. The van der Waals surface area contributed by atoms with Crippen LogP contribution in [0.25, 0.3) is 0 Å². The summed E-state index contributed by atoms with van der Waals surface area (Å²) in [5.41, 5.74) is 0.520. The molecule has 2 fully saturated rings. The number of ether oxygens (including phenoxy) is 1. The van der Waals surface area contributed by atoms with Crippen LogP contribution in [0.2, 0.25) is 0 Å². The average molecular weight is 457 g/mol. The zero-order chi connectivity index (χ0) is 24.4. The van der Waals surface area contributed by atoms with Gasteiger partial charge in [-0.25, -0.2) is 0 Å². The summed E-state index contributed by atoms with van der Waals surface area (Å²) in [5.74, 6) is -0.421. The van der Waals surface area contributed by atoms with Gasteiger partial charge in [0.25, 0.3) is 0 Å². The number of likely N-dealkylation sites (tertiary alicyclic amines) is 1. The molecule has 3 unspecified atom stereocenters. The first-order valence-corrected chi connectivity index (χ1v) is 12.4. The molecule has 5 nitrogen and oxygen atoms in total. The topological polar surface area (TPSA) is 42.0 Å². The van der Waals surface area contributed by atoms with Gasteiger partial charge >= 0.3 is 5.97 Å². The number of hydrogen-bond donors (Lipinski definition) is 0. The van der Waals surface area contributed by atoms with Gasteiger partial charge in [0.15, 0.2) is 0 Å². The van der Waals surface area contributed by atoms with E-state index < -0.39 is 5.60 Å². The Morgan fingerprint density at radius 3 is 2.27 bits per heavy atom. The highest BCUT2D eigenvalue weighted by atomic mass is 16.7. The second-order valence-corrected chi connectivity index (χ2v) is 12.0. The highest BCUT2D eigenvalue weighted by Gasteiger charge is 2.49. The van der Waals surface area contributed by atoms with E-state index in [-0.39, 0.29) is 34.9 Å². The smallest absolute Gasteiger partial charge is 0.311 e. The molecule has 2 aliphatic rings. The van der Waals surface area contributed by atoms with Gasteiger partial charge in [0, 0.05) is 36.1 Å². The van der Waals surface area contributed by atoms with Crippen molar-refractivity contribution in [1.29, 1.82) is 0 Å². The van der Waals surface area contributed by atoms with Gasteiger partial charge < -0.3 is 4.74 Å². The maximum Gasteiger partial charge on any atom is 0.311 e. The van der Waals surface area contributed by atoms with E-state index in [2.05, 4.69) is 56.4 Å². The van der Waals surface area contributed by atoms with Crippen molar-refractivity contribution >= 4 is 5.97 Å². The molecule has 0 bridgehead atoms. The summed E-state index contributed by atoms with van der Waals surface area (Å²) >= 11 is 0. The standard InChI is InChI=1S/C28H44N2O3/c1-9-18-29-19-22(20-32-30-27(5,6)16-13-17-28(30,7)8)23(25(31)33-26(2,3)4)24(29)21-14-11-10-12-15-21/h9-12,14-15,22-24H,1,13,16-20H2,2-8H3. The van der Waals surface area contributed by atoms with Crippen LogP contribution in [0.3, 0.4) is 0 Å². The van der Waals surface area contributed by atoms with Crippen molar-refractivity contribution in [3.63, 3.8) is 0 Å². The number of esters is 1. The summed E-state index contributed by atoms with van der Waals surface area (Å²) in [6, 6.07) is 10.2. The molecule has 0 saturated carbocycles. The van der Waals surface area contributed by atoms with Gasteiger partial charge in [-0.05, 0) is 73.3 Å². The lowest BCUT2D eigenvalue weighted by molar-refractivity contribution is -0.287. The normalized spacial score (nSPS) is 27.9. The molecule has 0 aliphatic carbocycles. The van der Waals surface area contributed by atoms with Crippen LogP contribution in [-0.4, -0.2) is 52.3 Å². The molecule has 2 aliphatic heterocycles. The van der Waals surface area contributed by atoms with E-state index in [4.69, 9.17) is 9.57 Å². The summed E-state index contributed by atoms with van der Waals surface area (Å²) in [6.45, 7) is 20.8. The van der Waals surface area contributed by atoms with E-state index in [1.807, 2.05) is 45.0 Å². The fourth-order valence-corrected chi connectivity index (χ4v) is 5.78. The lowest BCUT2D eigenvalue weighted by Gasteiger charge is -2.51. The molecule has 5 heteroatoms. The SMILES string of the molecule is C=CCN1CC(CON2C(C)(C)CCCC2(C)C)C(C(=O)OC(C)(C)C)C1c1ccccc1. The zero-order valence-electron chi connectivity index (χ0n) is 21.8. The predicted molar refractivity (Wildman–Crippen MR) is 134 cm³/mol. The molecule has 0 amide bonds. The van der Waals surface area contributed by atoms with E-state index in [1.165, 1.54) is 6.42 Å². The largest absolute Gasteiger partial charge is 0.460 e. The number of nitrogens with zero attached hydrogens (tertiary/aromatic N) is 2. The number of hydroxylamine groups is 2. The Morgan fingerprint density at radius 2 is 1.73 bits per heavy atom. The Labute approximate surface area is 201 Å². The Kier molecular flexibility index (Phi) is 7.77. The van der Waals surface area contributed by atoms with Crippen molar-refractivity contribution in [2.24, 2.45) is 11.8 Å². The van der Waals surface area contributed by atoms with Gasteiger partial charge in [0.05, 0.1) is 12.5 Å². The Hall–Kier alpha value is -1.69. The maximum atomic E-state index is 13.6. The molecule has 0 spiro atoms. The van der Waals surface area contributed by atoms with Crippen molar-refractivity contribution in [2.45, 2.75) is 90.4 Å². The monoisotopic (exact) mass is 456 g/mol. The third kappa shape index (κ3) is 6.06. The third-order valence-corrected chi connectivity index (χ3v) is 6.99. The summed E-state index contributed by atoms with van der Waals surface area (Å²) in [5, 5.41) is 2.20. The predicted octanol–water partition coefficient (Wildman–Crippen LogP) is 5.78. The average Bonchev–Trinajstić information content (AvgIpc) is 3.04. The van der Waals surface area contributed by atoms with Crippen LogP contribution in [0, 0.1) is 11.8 Å². The first kappa shape index (κ1) is 25.9. The lowest BCUT2D eigenvalue weighted by atomic mass is 9.82. The van der Waals surface area contributed by atoms with Crippen molar-refractivity contribution in [3.8, 4) is 0 Å². The molecule has 2 heterocycles. The summed E-state index contributed by atoms with van der Waals surface area (Å²) < 4.78 is 5.94. The zero-order valence-corrected chi connectivity index (χ0v) is 21.8. The third-order valence-electron chi connectivity index (χ3n) is 6.99. The first-order valence-electron chi connectivity index (χ1n) is 12.4. The summed E-state index contributed by atoms with van der Waals surface area (Å²) in [6.07, 6.45) is 5.33. The quantitative estimate of drug-likeness (QED) is 0.384. The fraction of sp³-hybridized carbons (Fsp3) is 0.679. The minimum absolute atomic E-state index is 0.0264. The molecular formula is C28H44N2O3. The van der Waals surface area contributed by atoms with Gasteiger partial charge in [-0.15, -0.1) is 6.58 Å². The second kappa shape index (κ2) is 9.89. The Balaban J connectivity index is 1.90. The second-order valence-electron chi connectivity index (χ2n) is 12.0. The number of benzene rings is 1. The van der Waals surface area contributed by atoms with Gasteiger partial charge in [-0.1, -0.05) is 36.4 Å². The van der Waals surface area contributed by atoms with Crippen molar-refractivity contribution in [3.05, 3.63) is 48.6 Å². The molecule has 0 radical (unpaired) electrons. The minimum atomic E-state index is -0.535. The van der Waals surface area contributed by atoms with Crippen LogP contribution < -0.4 is 0 Å². The van der Waals surface area contributed by atoms with Crippen molar-refractivity contribution in [2.75, 3.05) is 19.7 Å². The van der Waals surface area contributed by atoms with E-state index in [1.54, 1.807) is 0 Å². The number of hydrogen-bond acceptors (Lipinski definition) is 5. The number of carbonyl (C=O) groups excluding carboxylic acids is 1. The molecule has 33 heavy (non-hydrogen) atoms. The summed E-state index contributed by atoms with van der Waals surface area (Å²) in [4.78, 5) is 22.5. The van der Waals surface area contributed by atoms with Crippen molar-refractivity contribution in [1.82, 2.24) is 9.96 Å². The van der Waals surface area contributed by atoms with Gasteiger partial charge in [0.1, 0.15) is 5.60 Å². The molecule has 2 saturated heterocycles. The fourth-order valence-electron chi connectivity index (χ4n) is 5.78.